The van der Waals surface area contributed by atoms with E-state index in [0.29, 0.717) is 68.0 Å². The van der Waals surface area contributed by atoms with E-state index in [9.17, 15) is 14.4 Å². The van der Waals surface area contributed by atoms with Gasteiger partial charge in [0.25, 0.3) is 0 Å². The number of hydrogen-bond acceptors (Lipinski definition) is 6. The molecule has 0 heterocycles. The van der Waals surface area contributed by atoms with Crippen LogP contribution in [0.25, 0.3) is 0 Å². The fourth-order valence-electron chi connectivity index (χ4n) is 6.13. The van der Waals surface area contributed by atoms with Gasteiger partial charge in [0.05, 0.1) is 13.2 Å². The summed E-state index contributed by atoms with van der Waals surface area (Å²) in [5, 5.41) is 0. The number of nitrogens with zero attached hydrogens (tertiary/aromatic N) is 2. The highest BCUT2D eigenvalue weighted by Crippen LogP contribution is 2.22. The molecule has 49 heavy (non-hydrogen) atoms. The minimum atomic E-state index is -0.0584. The van der Waals surface area contributed by atoms with Crippen molar-refractivity contribution in [2.75, 3.05) is 46.9 Å². The van der Waals surface area contributed by atoms with Gasteiger partial charge in [-0.05, 0) is 101 Å². The van der Waals surface area contributed by atoms with E-state index in [-0.39, 0.29) is 17.8 Å². The second-order valence-electron chi connectivity index (χ2n) is 16.6. The fourth-order valence-corrected chi connectivity index (χ4v) is 6.13. The van der Waals surface area contributed by atoms with E-state index in [1.807, 2.05) is 14.1 Å². The van der Waals surface area contributed by atoms with Gasteiger partial charge in [-0.2, -0.15) is 0 Å². The van der Waals surface area contributed by atoms with Crippen LogP contribution >= 0.6 is 0 Å². The first kappa shape index (κ1) is 47.4. The molecule has 2 atom stereocenters. The molecule has 0 bridgehead atoms. The Bertz CT molecular complexity index is 772. The molecule has 0 aromatic carbocycles. The number of carbonyl (C=O) groups excluding carboxylic acids is 3. The standard InChI is InChI=1S/C42H82N2O5/c1-34(2)25-27-38(36(5)6)32-48-41(46)23-17-13-11-15-19-30-44(40(45)22-21-29-43(9)10)31-20-16-12-14-18-24-42(47)49-33-39(37(7)8)28-26-35(3)4/h34-39H,11-33H2,1-10H3. The van der Waals surface area contributed by atoms with E-state index >= 15 is 0 Å². The minimum Gasteiger partial charge on any atom is -0.465 e. The van der Waals surface area contributed by atoms with Gasteiger partial charge in [0.1, 0.15) is 0 Å². The van der Waals surface area contributed by atoms with E-state index in [1.54, 1.807) is 0 Å². The third-order valence-corrected chi connectivity index (χ3v) is 10.00. The highest BCUT2D eigenvalue weighted by molar-refractivity contribution is 5.76. The second kappa shape index (κ2) is 30.0. The van der Waals surface area contributed by atoms with E-state index in [2.05, 4.69) is 65.2 Å². The van der Waals surface area contributed by atoms with Crippen molar-refractivity contribution < 1.29 is 23.9 Å². The van der Waals surface area contributed by atoms with Gasteiger partial charge in [-0.25, -0.2) is 0 Å². The Morgan fingerprint density at radius 1 is 0.469 bits per heavy atom. The third kappa shape index (κ3) is 28.7. The summed E-state index contributed by atoms with van der Waals surface area (Å²) < 4.78 is 11.3. The van der Waals surface area contributed by atoms with Crippen LogP contribution in [0.15, 0.2) is 0 Å². The van der Waals surface area contributed by atoms with Crippen molar-refractivity contribution >= 4 is 17.8 Å². The molecule has 0 N–H and O–H groups in total. The SMILES string of the molecule is CC(C)CCC(COC(=O)CCCCCCCN(CCCCCCCC(=O)OCC(CCC(C)C)C(C)C)C(=O)CCCN(C)C)C(C)C. The van der Waals surface area contributed by atoms with Crippen LogP contribution in [0.5, 0.6) is 0 Å². The van der Waals surface area contributed by atoms with Crippen molar-refractivity contribution in [1.29, 1.82) is 0 Å². The number of hydrogen-bond donors (Lipinski definition) is 0. The molecule has 0 saturated heterocycles. The summed E-state index contributed by atoms with van der Waals surface area (Å²) in [6, 6.07) is 0. The van der Waals surface area contributed by atoms with Crippen LogP contribution in [-0.4, -0.2) is 74.6 Å². The van der Waals surface area contributed by atoms with Crippen molar-refractivity contribution in [3.05, 3.63) is 0 Å². The maximum Gasteiger partial charge on any atom is 0.305 e. The van der Waals surface area contributed by atoms with E-state index in [0.717, 1.165) is 103 Å². The lowest BCUT2D eigenvalue weighted by Gasteiger charge is -2.23. The van der Waals surface area contributed by atoms with Crippen molar-refractivity contribution in [3.63, 3.8) is 0 Å². The van der Waals surface area contributed by atoms with Gasteiger partial charge in [-0.3, -0.25) is 14.4 Å². The van der Waals surface area contributed by atoms with Crippen LogP contribution in [0.4, 0.5) is 0 Å². The zero-order chi connectivity index (χ0) is 37.0. The van der Waals surface area contributed by atoms with Crippen LogP contribution in [0, 0.1) is 35.5 Å². The van der Waals surface area contributed by atoms with E-state index in [1.165, 1.54) is 12.8 Å². The Labute approximate surface area is 304 Å². The first-order valence-electron chi connectivity index (χ1n) is 20.5. The molecular weight excluding hydrogens is 612 g/mol. The van der Waals surface area contributed by atoms with Gasteiger partial charge < -0.3 is 19.3 Å². The summed E-state index contributed by atoms with van der Waals surface area (Å²) in [4.78, 5) is 41.9. The Hall–Kier alpha value is -1.63. The maximum absolute atomic E-state index is 13.1. The topological polar surface area (TPSA) is 76.1 Å². The molecule has 2 unspecified atom stereocenters. The molecule has 1 amide bonds. The van der Waals surface area contributed by atoms with Crippen molar-refractivity contribution in [2.45, 2.75) is 171 Å². The lowest BCUT2D eigenvalue weighted by Crippen LogP contribution is -2.33. The van der Waals surface area contributed by atoms with Crippen LogP contribution in [-0.2, 0) is 23.9 Å². The van der Waals surface area contributed by atoms with Crippen molar-refractivity contribution in [3.8, 4) is 0 Å². The van der Waals surface area contributed by atoms with E-state index in [4.69, 9.17) is 9.47 Å². The predicted octanol–water partition coefficient (Wildman–Crippen LogP) is 10.3. The van der Waals surface area contributed by atoms with Crippen LogP contribution < -0.4 is 0 Å². The molecule has 0 fully saturated rings. The Morgan fingerprint density at radius 2 is 0.857 bits per heavy atom. The van der Waals surface area contributed by atoms with Gasteiger partial charge in [0.2, 0.25) is 5.91 Å². The second-order valence-corrected chi connectivity index (χ2v) is 16.6. The normalized spacial score (nSPS) is 13.1. The Balaban J connectivity index is 4.33. The predicted molar refractivity (Wildman–Crippen MR) is 206 cm³/mol. The zero-order valence-corrected chi connectivity index (χ0v) is 34.2. The Morgan fingerprint density at radius 3 is 1.22 bits per heavy atom. The molecule has 0 spiro atoms. The summed E-state index contributed by atoms with van der Waals surface area (Å²) in [6.45, 7) is 21.5. The molecule has 0 aliphatic rings. The largest absolute Gasteiger partial charge is 0.465 e. The number of carbonyl (C=O) groups is 3. The summed E-state index contributed by atoms with van der Waals surface area (Å²) in [7, 11) is 4.10. The van der Waals surface area contributed by atoms with E-state index < -0.39 is 0 Å². The molecule has 7 nitrogen and oxygen atoms in total. The van der Waals surface area contributed by atoms with Crippen LogP contribution in [0.3, 0.4) is 0 Å². The van der Waals surface area contributed by atoms with Gasteiger partial charge in [-0.15, -0.1) is 0 Å². The first-order chi connectivity index (χ1) is 23.2. The minimum absolute atomic E-state index is 0.0584. The summed E-state index contributed by atoms with van der Waals surface area (Å²) in [6.07, 6.45) is 17.2. The lowest BCUT2D eigenvalue weighted by atomic mass is 9.89. The smallest absolute Gasteiger partial charge is 0.305 e. The quantitative estimate of drug-likeness (QED) is 0.0515. The fraction of sp³-hybridized carbons (Fsp3) is 0.929. The Kier molecular flexibility index (Phi) is 29.0. The van der Waals surface area contributed by atoms with Gasteiger partial charge in [0, 0.05) is 32.4 Å². The molecule has 0 radical (unpaired) electrons. The first-order valence-corrected chi connectivity index (χ1v) is 20.5. The van der Waals surface area contributed by atoms with Crippen LogP contribution in [0.2, 0.25) is 0 Å². The molecule has 0 aliphatic heterocycles. The number of unbranched alkanes of at least 4 members (excludes halogenated alkanes) is 8. The summed E-state index contributed by atoms with van der Waals surface area (Å²) in [5.41, 5.74) is 0. The van der Waals surface area contributed by atoms with Gasteiger partial charge in [-0.1, -0.05) is 107 Å². The summed E-state index contributed by atoms with van der Waals surface area (Å²) >= 11 is 0. The maximum atomic E-state index is 13.1. The lowest BCUT2D eigenvalue weighted by molar-refractivity contribution is -0.146. The van der Waals surface area contributed by atoms with Gasteiger partial charge in [0.15, 0.2) is 0 Å². The average molecular weight is 695 g/mol. The number of esters is 2. The van der Waals surface area contributed by atoms with Crippen molar-refractivity contribution in [1.82, 2.24) is 9.80 Å². The number of rotatable bonds is 32. The van der Waals surface area contributed by atoms with Gasteiger partial charge >= 0.3 is 11.9 Å². The van der Waals surface area contributed by atoms with Crippen molar-refractivity contribution in [2.24, 2.45) is 35.5 Å². The molecule has 0 rings (SSSR count). The van der Waals surface area contributed by atoms with Crippen LogP contribution in [0.1, 0.15) is 171 Å². The number of amides is 1. The molecule has 0 aromatic heterocycles. The molecule has 0 saturated carbocycles. The number of ether oxygens (including phenoxy) is 2. The zero-order valence-electron chi connectivity index (χ0n) is 34.2. The third-order valence-electron chi connectivity index (χ3n) is 10.00. The summed E-state index contributed by atoms with van der Waals surface area (Å²) in [5.74, 6) is 3.46. The molecule has 0 aliphatic carbocycles. The average Bonchev–Trinajstić information content (AvgIpc) is 3.01. The highest BCUT2D eigenvalue weighted by Gasteiger charge is 2.18. The molecule has 290 valence electrons. The molecule has 0 aromatic rings. The molecule has 7 heteroatoms. The highest BCUT2D eigenvalue weighted by atomic mass is 16.5. The molecular formula is C42H82N2O5. The monoisotopic (exact) mass is 695 g/mol.